The summed E-state index contributed by atoms with van der Waals surface area (Å²) in [4.78, 5) is 0. The molecular weight excluding hydrogens is 292 g/mol. The Hall–Kier alpha value is -1.31. The zero-order valence-corrected chi connectivity index (χ0v) is 12.9. The lowest BCUT2D eigenvalue weighted by Crippen LogP contribution is -2.21. The Labute approximate surface area is 125 Å². The van der Waals surface area contributed by atoms with Gasteiger partial charge in [-0.15, -0.1) is 0 Å². The molecule has 0 amide bonds. The summed E-state index contributed by atoms with van der Waals surface area (Å²) in [6, 6.07) is 6.05. The van der Waals surface area contributed by atoms with E-state index in [4.69, 9.17) is 9.29 Å². The number of anilines is 1. The van der Waals surface area contributed by atoms with Crippen LogP contribution in [0.25, 0.3) is 0 Å². The zero-order valence-electron chi connectivity index (χ0n) is 12.1. The molecule has 6 nitrogen and oxygen atoms in total. The van der Waals surface area contributed by atoms with Gasteiger partial charge in [0.05, 0.1) is 12.9 Å². The molecule has 7 heteroatoms. The number of rotatable bonds is 8. The molecule has 2 rings (SSSR count). The molecule has 0 aromatic heterocycles. The Morgan fingerprint density at radius 3 is 2.95 bits per heavy atom. The molecule has 1 unspecified atom stereocenters. The van der Waals surface area contributed by atoms with Crippen molar-refractivity contribution in [1.82, 2.24) is 5.32 Å². The minimum atomic E-state index is -3.84. The Morgan fingerprint density at radius 2 is 2.24 bits per heavy atom. The van der Waals surface area contributed by atoms with E-state index in [0.29, 0.717) is 18.9 Å². The van der Waals surface area contributed by atoms with Crippen molar-refractivity contribution in [3.8, 4) is 5.75 Å². The number of hydrogen-bond acceptors (Lipinski definition) is 5. The van der Waals surface area contributed by atoms with Crippen molar-refractivity contribution in [3.05, 3.63) is 23.8 Å². The smallest absolute Gasteiger partial charge is 0.264 e. The molecule has 1 heterocycles. The van der Waals surface area contributed by atoms with Crippen molar-refractivity contribution in [2.45, 2.75) is 18.8 Å². The number of benzene rings is 1. The molecule has 3 N–H and O–H groups in total. The van der Waals surface area contributed by atoms with E-state index in [1.807, 2.05) is 12.1 Å². The Balaban J connectivity index is 1.74. The highest BCUT2D eigenvalue weighted by Gasteiger charge is 2.22. The third-order valence-corrected chi connectivity index (χ3v) is 4.47. The fourth-order valence-corrected chi connectivity index (χ4v) is 3.06. The topological polar surface area (TPSA) is 87.7 Å². The molecule has 0 fully saturated rings. The molecule has 1 atom stereocenters. The average Bonchev–Trinajstić information content (AvgIpc) is 2.83. The summed E-state index contributed by atoms with van der Waals surface area (Å²) in [6.07, 6.45) is 1.39. The second kappa shape index (κ2) is 7.11. The minimum absolute atomic E-state index is 0.189. The monoisotopic (exact) mass is 314 g/mol. The molecule has 0 saturated carbocycles. The van der Waals surface area contributed by atoms with Gasteiger partial charge in [0.15, 0.2) is 0 Å². The number of nitrogens with one attached hydrogen (secondary N) is 2. The van der Waals surface area contributed by atoms with E-state index in [0.717, 1.165) is 30.9 Å². The van der Waals surface area contributed by atoms with Crippen LogP contribution < -0.4 is 15.4 Å². The Kier molecular flexibility index (Phi) is 5.44. The summed E-state index contributed by atoms with van der Waals surface area (Å²) in [7, 11) is -2.18. The molecule has 1 aromatic carbocycles. The maximum Gasteiger partial charge on any atom is 0.264 e. The van der Waals surface area contributed by atoms with E-state index in [1.165, 1.54) is 5.56 Å². The van der Waals surface area contributed by atoms with E-state index in [1.54, 1.807) is 7.11 Å². The van der Waals surface area contributed by atoms with Crippen LogP contribution >= 0.6 is 0 Å². The highest BCUT2D eigenvalue weighted by Crippen LogP contribution is 2.35. The molecular formula is C14H22N2O4S. The molecule has 1 aliphatic heterocycles. The first-order valence-corrected chi connectivity index (χ1v) is 8.68. The predicted molar refractivity (Wildman–Crippen MR) is 82.7 cm³/mol. The number of fused-ring (bicyclic) bond motifs is 1. The van der Waals surface area contributed by atoms with E-state index < -0.39 is 10.1 Å². The van der Waals surface area contributed by atoms with Gasteiger partial charge in [0, 0.05) is 18.2 Å². The lowest BCUT2D eigenvalue weighted by molar-refractivity contribution is 0.414. The van der Waals surface area contributed by atoms with Crippen molar-refractivity contribution < 1.29 is 17.7 Å². The van der Waals surface area contributed by atoms with Crippen LogP contribution in [0.1, 0.15) is 24.3 Å². The third-order valence-electron chi connectivity index (χ3n) is 3.66. The molecule has 118 valence electrons. The van der Waals surface area contributed by atoms with Crippen LogP contribution in [-0.4, -0.2) is 45.5 Å². The van der Waals surface area contributed by atoms with Gasteiger partial charge in [-0.05, 0) is 49.7 Å². The van der Waals surface area contributed by atoms with Crippen LogP contribution in [0, 0.1) is 0 Å². The molecule has 0 radical (unpaired) electrons. The van der Waals surface area contributed by atoms with Crippen LogP contribution in [0.15, 0.2) is 18.2 Å². The molecule has 0 saturated heterocycles. The van der Waals surface area contributed by atoms with Gasteiger partial charge < -0.3 is 15.4 Å². The maximum absolute atomic E-state index is 10.6. The standard InChI is InChI=1S/C14H22N2O4S/c1-20-12-3-4-14-13(9-12)11(10-16-14)5-7-15-6-2-8-21(17,18)19/h3-4,9,11,15-16H,2,5-8,10H2,1H3,(H,17,18,19). The van der Waals surface area contributed by atoms with Crippen LogP contribution in [0.5, 0.6) is 5.75 Å². The van der Waals surface area contributed by atoms with Crippen LogP contribution in [0.2, 0.25) is 0 Å². The molecule has 0 bridgehead atoms. The predicted octanol–water partition coefficient (Wildman–Crippen LogP) is 1.46. The second-order valence-corrected chi connectivity index (χ2v) is 6.78. The molecule has 0 spiro atoms. The molecule has 21 heavy (non-hydrogen) atoms. The Bertz CT molecular complexity index is 574. The van der Waals surface area contributed by atoms with Crippen molar-refractivity contribution in [2.24, 2.45) is 0 Å². The first-order valence-electron chi connectivity index (χ1n) is 7.07. The highest BCUT2D eigenvalue weighted by molar-refractivity contribution is 7.85. The number of ether oxygens (including phenoxy) is 1. The van der Waals surface area contributed by atoms with Gasteiger partial charge in [-0.3, -0.25) is 4.55 Å². The van der Waals surface area contributed by atoms with E-state index in [9.17, 15) is 8.42 Å². The second-order valence-electron chi connectivity index (χ2n) is 5.21. The average molecular weight is 314 g/mol. The molecule has 0 aliphatic carbocycles. The Morgan fingerprint density at radius 1 is 1.43 bits per heavy atom. The van der Waals surface area contributed by atoms with E-state index in [2.05, 4.69) is 16.7 Å². The summed E-state index contributed by atoms with van der Waals surface area (Å²) >= 11 is 0. The SMILES string of the molecule is COc1ccc2c(c1)C(CCNCCCS(=O)(=O)O)CN2. The zero-order chi connectivity index (χ0) is 15.3. The van der Waals surface area contributed by atoms with Gasteiger partial charge in [-0.1, -0.05) is 0 Å². The van der Waals surface area contributed by atoms with Gasteiger partial charge in [0.25, 0.3) is 10.1 Å². The summed E-state index contributed by atoms with van der Waals surface area (Å²) in [5, 5.41) is 6.59. The number of methoxy groups -OCH3 is 1. The van der Waals surface area contributed by atoms with Crippen molar-refractivity contribution in [1.29, 1.82) is 0 Å². The summed E-state index contributed by atoms with van der Waals surface area (Å²) < 4.78 is 35.0. The first kappa shape index (κ1) is 16.1. The lowest BCUT2D eigenvalue weighted by atomic mass is 9.97. The molecule has 1 aliphatic rings. The normalized spacial score (nSPS) is 17.3. The highest BCUT2D eigenvalue weighted by atomic mass is 32.2. The van der Waals surface area contributed by atoms with Gasteiger partial charge in [-0.2, -0.15) is 8.42 Å². The summed E-state index contributed by atoms with van der Waals surface area (Å²) in [6.45, 7) is 2.31. The van der Waals surface area contributed by atoms with E-state index in [-0.39, 0.29) is 5.75 Å². The van der Waals surface area contributed by atoms with Crippen molar-refractivity contribution in [2.75, 3.05) is 37.8 Å². The number of hydrogen-bond donors (Lipinski definition) is 3. The fraction of sp³-hybridized carbons (Fsp3) is 0.571. The summed E-state index contributed by atoms with van der Waals surface area (Å²) in [5.41, 5.74) is 2.43. The van der Waals surface area contributed by atoms with Crippen LogP contribution in [-0.2, 0) is 10.1 Å². The van der Waals surface area contributed by atoms with Crippen molar-refractivity contribution >= 4 is 15.8 Å². The van der Waals surface area contributed by atoms with Crippen LogP contribution in [0.3, 0.4) is 0 Å². The van der Waals surface area contributed by atoms with Gasteiger partial charge in [0.1, 0.15) is 5.75 Å². The quantitative estimate of drug-likeness (QED) is 0.497. The fourth-order valence-electron chi connectivity index (χ4n) is 2.55. The van der Waals surface area contributed by atoms with Crippen LogP contribution in [0.4, 0.5) is 5.69 Å². The summed E-state index contributed by atoms with van der Waals surface area (Å²) in [5.74, 6) is 1.11. The van der Waals surface area contributed by atoms with Gasteiger partial charge >= 0.3 is 0 Å². The minimum Gasteiger partial charge on any atom is -0.497 e. The van der Waals surface area contributed by atoms with Crippen molar-refractivity contribution in [3.63, 3.8) is 0 Å². The van der Waals surface area contributed by atoms with Gasteiger partial charge in [0.2, 0.25) is 0 Å². The van der Waals surface area contributed by atoms with E-state index >= 15 is 0 Å². The largest absolute Gasteiger partial charge is 0.497 e. The van der Waals surface area contributed by atoms with Gasteiger partial charge in [-0.25, -0.2) is 0 Å². The third kappa shape index (κ3) is 4.87. The molecule has 1 aromatic rings. The maximum atomic E-state index is 10.6. The lowest BCUT2D eigenvalue weighted by Gasteiger charge is -2.11. The first-order chi connectivity index (χ1) is 9.99.